The lowest BCUT2D eigenvalue weighted by Crippen LogP contribution is -2.31. The number of thiazole rings is 1. The van der Waals surface area contributed by atoms with E-state index in [4.69, 9.17) is 5.84 Å². The molecule has 1 aliphatic rings. The third-order valence-electron chi connectivity index (χ3n) is 2.99. The Bertz CT molecular complexity index is 293. The summed E-state index contributed by atoms with van der Waals surface area (Å²) in [7, 11) is 0. The topological polar surface area (TPSA) is 50.9 Å². The standard InChI is InChI=1S/C10H17N3S/c1-7-12-10(6-14-7)9(13-11)5-8-3-2-4-8/h6,8-9,13H,2-5,11H2,1H3. The highest BCUT2D eigenvalue weighted by Gasteiger charge is 2.23. The summed E-state index contributed by atoms with van der Waals surface area (Å²) in [6, 6.07) is 0.255. The van der Waals surface area contributed by atoms with Gasteiger partial charge >= 0.3 is 0 Å². The van der Waals surface area contributed by atoms with Crippen LogP contribution < -0.4 is 11.3 Å². The fourth-order valence-corrected chi connectivity index (χ4v) is 2.54. The summed E-state index contributed by atoms with van der Waals surface area (Å²) in [5.74, 6) is 6.42. The van der Waals surface area contributed by atoms with E-state index in [1.807, 2.05) is 6.92 Å². The van der Waals surface area contributed by atoms with Gasteiger partial charge in [0.05, 0.1) is 16.7 Å². The van der Waals surface area contributed by atoms with E-state index in [2.05, 4.69) is 15.8 Å². The highest BCUT2D eigenvalue weighted by molar-refractivity contribution is 7.09. The number of nitrogens with two attached hydrogens (primary N) is 1. The predicted molar refractivity (Wildman–Crippen MR) is 58.9 cm³/mol. The molecule has 0 radical (unpaired) electrons. The molecule has 1 saturated carbocycles. The number of aryl methyl sites for hydroxylation is 1. The molecule has 3 N–H and O–H groups in total. The molecule has 0 bridgehead atoms. The van der Waals surface area contributed by atoms with Gasteiger partial charge in [-0.25, -0.2) is 4.98 Å². The maximum Gasteiger partial charge on any atom is 0.0898 e. The zero-order valence-electron chi connectivity index (χ0n) is 8.49. The van der Waals surface area contributed by atoms with Gasteiger partial charge in [0.15, 0.2) is 0 Å². The minimum absolute atomic E-state index is 0.255. The molecule has 1 aromatic heterocycles. The van der Waals surface area contributed by atoms with Crippen LogP contribution in [0.3, 0.4) is 0 Å². The van der Waals surface area contributed by atoms with Gasteiger partial charge in [0.1, 0.15) is 0 Å². The van der Waals surface area contributed by atoms with E-state index in [0.29, 0.717) is 0 Å². The first kappa shape index (κ1) is 10.1. The molecule has 1 aromatic rings. The van der Waals surface area contributed by atoms with Gasteiger partial charge in [-0.3, -0.25) is 11.3 Å². The minimum atomic E-state index is 0.255. The molecule has 0 amide bonds. The Morgan fingerprint density at radius 1 is 1.71 bits per heavy atom. The van der Waals surface area contributed by atoms with Crippen molar-refractivity contribution >= 4 is 11.3 Å². The van der Waals surface area contributed by atoms with Crippen LogP contribution in [0.25, 0.3) is 0 Å². The zero-order valence-corrected chi connectivity index (χ0v) is 9.31. The number of aromatic nitrogens is 1. The third kappa shape index (κ3) is 2.13. The molecule has 1 unspecified atom stereocenters. The highest BCUT2D eigenvalue weighted by atomic mass is 32.1. The van der Waals surface area contributed by atoms with E-state index in [0.717, 1.165) is 23.0 Å². The van der Waals surface area contributed by atoms with Gasteiger partial charge in [-0.15, -0.1) is 11.3 Å². The summed E-state index contributed by atoms with van der Waals surface area (Å²) in [5, 5.41) is 3.23. The van der Waals surface area contributed by atoms with Crippen LogP contribution in [0.4, 0.5) is 0 Å². The molecule has 0 saturated heterocycles. The van der Waals surface area contributed by atoms with Crippen molar-refractivity contribution in [3.05, 3.63) is 16.1 Å². The Balaban J connectivity index is 1.97. The van der Waals surface area contributed by atoms with E-state index in [-0.39, 0.29) is 6.04 Å². The van der Waals surface area contributed by atoms with Crippen LogP contribution in [0.15, 0.2) is 5.38 Å². The van der Waals surface area contributed by atoms with Crippen LogP contribution in [0.2, 0.25) is 0 Å². The van der Waals surface area contributed by atoms with Crippen LogP contribution in [0, 0.1) is 12.8 Å². The van der Waals surface area contributed by atoms with Crippen molar-refractivity contribution in [1.82, 2.24) is 10.4 Å². The van der Waals surface area contributed by atoms with Crippen molar-refractivity contribution in [3.63, 3.8) is 0 Å². The molecule has 3 nitrogen and oxygen atoms in total. The number of hydrogen-bond acceptors (Lipinski definition) is 4. The largest absolute Gasteiger partial charge is 0.271 e. The molecule has 0 aliphatic heterocycles. The van der Waals surface area contributed by atoms with E-state index in [9.17, 15) is 0 Å². The molecule has 2 rings (SSSR count). The first-order chi connectivity index (χ1) is 6.79. The minimum Gasteiger partial charge on any atom is -0.271 e. The molecule has 1 atom stereocenters. The average molecular weight is 211 g/mol. The predicted octanol–water partition coefficient (Wildman–Crippen LogP) is 2.15. The fourth-order valence-electron chi connectivity index (χ4n) is 1.88. The van der Waals surface area contributed by atoms with E-state index >= 15 is 0 Å². The van der Waals surface area contributed by atoms with E-state index in [1.165, 1.54) is 19.3 Å². The van der Waals surface area contributed by atoms with Gasteiger partial charge in [-0.2, -0.15) is 0 Å². The maximum absolute atomic E-state index is 5.56. The number of rotatable bonds is 4. The third-order valence-corrected chi connectivity index (χ3v) is 3.78. The smallest absolute Gasteiger partial charge is 0.0898 e. The van der Waals surface area contributed by atoms with E-state index in [1.54, 1.807) is 11.3 Å². The summed E-state index contributed by atoms with van der Waals surface area (Å²) in [6.45, 7) is 2.03. The Morgan fingerprint density at radius 2 is 2.50 bits per heavy atom. The second-order valence-electron chi connectivity index (χ2n) is 4.04. The quantitative estimate of drug-likeness (QED) is 0.592. The number of hydrogen-bond donors (Lipinski definition) is 2. The van der Waals surface area contributed by atoms with Crippen LogP contribution in [0.1, 0.15) is 42.4 Å². The molecule has 14 heavy (non-hydrogen) atoms. The van der Waals surface area contributed by atoms with Crippen molar-refractivity contribution in [2.45, 2.75) is 38.6 Å². The van der Waals surface area contributed by atoms with E-state index < -0.39 is 0 Å². The Morgan fingerprint density at radius 3 is 2.93 bits per heavy atom. The second-order valence-corrected chi connectivity index (χ2v) is 5.11. The summed E-state index contributed by atoms with van der Waals surface area (Å²) in [4.78, 5) is 4.47. The summed E-state index contributed by atoms with van der Waals surface area (Å²) in [5.41, 5.74) is 3.99. The molecule has 4 heteroatoms. The van der Waals surface area contributed by atoms with Crippen LogP contribution in [-0.2, 0) is 0 Å². The monoisotopic (exact) mass is 211 g/mol. The Kier molecular flexibility index (Phi) is 3.15. The lowest BCUT2D eigenvalue weighted by molar-refractivity contribution is 0.260. The summed E-state index contributed by atoms with van der Waals surface area (Å²) >= 11 is 1.69. The maximum atomic E-state index is 5.56. The SMILES string of the molecule is Cc1nc(C(CC2CCC2)NN)cs1. The number of hydrazine groups is 1. The fraction of sp³-hybridized carbons (Fsp3) is 0.700. The molecular formula is C10H17N3S. The van der Waals surface area contributed by atoms with Crippen molar-refractivity contribution < 1.29 is 0 Å². The van der Waals surface area contributed by atoms with Gasteiger partial charge in [0, 0.05) is 5.38 Å². The molecule has 78 valence electrons. The Labute approximate surface area is 88.7 Å². The number of nitrogens with zero attached hydrogens (tertiary/aromatic N) is 1. The molecule has 0 spiro atoms. The normalized spacial score (nSPS) is 19.3. The number of nitrogens with one attached hydrogen (secondary N) is 1. The second kappa shape index (κ2) is 4.38. The lowest BCUT2D eigenvalue weighted by atomic mass is 9.80. The summed E-state index contributed by atoms with van der Waals surface area (Å²) in [6.07, 6.45) is 5.25. The van der Waals surface area contributed by atoms with Crippen molar-refractivity contribution in [3.8, 4) is 0 Å². The lowest BCUT2D eigenvalue weighted by Gasteiger charge is -2.28. The molecule has 0 aromatic carbocycles. The van der Waals surface area contributed by atoms with Gasteiger partial charge in [0.2, 0.25) is 0 Å². The van der Waals surface area contributed by atoms with Gasteiger partial charge < -0.3 is 0 Å². The van der Waals surface area contributed by atoms with Gasteiger partial charge in [0.25, 0.3) is 0 Å². The van der Waals surface area contributed by atoms with Crippen molar-refractivity contribution in [2.75, 3.05) is 0 Å². The highest BCUT2D eigenvalue weighted by Crippen LogP contribution is 2.34. The van der Waals surface area contributed by atoms with Crippen molar-refractivity contribution in [1.29, 1.82) is 0 Å². The van der Waals surface area contributed by atoms with Crippen molar-refractivity contribution in [2.24, 2.45) is 11.8 Å². The first-order valence-electron chi connectivity index (χ1n) is 5.17. The van der Waals surface area contributed by atoms with Gasteiger partial charge in [-0.05, 0) is 19.3 Å². The average Bonchev–Trinajstić information content (AvgIpc) is 2.50. The van der Waals surface area contributed by atoms with Crippen LogP contribution in [-0.4, -0.2) is 4.98 Å². The Hall–Kier alpha value is -0.450. The molecule has 1 aliphatic carbocycles. The molecular weight excluding hydrogens is 194 g/mol. The molecule has 1 heterocycles. The summed E-state index contributed by atoms with van der Waals surface area (Å²) < 4.78 is 0. The zero-order chi connectivity index (χ0) is 9.97. The van der Waals surface area contributed by atoms with Crippen LogP contribution >= 0.6 is 11.3 Å². The van der Waals surface area contributed by atoms with Crippen LogP contribution in [0.5, 0.6) is 0 Å². The van der Waals surface area contributed by atoms with Gasteiger partial charge in [-0.1, -0.05) is 19.3 Å². The molecule has 1 fully saturated rings. The first-order valence-corrected chi connectivity index (χ1v) is 6.05.